The molecule has 0 bridgehead atoms. The summed E-state index contributed by atoms with van der Waals surface area (Å²) in [4.78, 5) is 2.69. The van der Waals surface area contributed by atoms with Crippen LogP contribution in [0.4, 0.5) is 0 Å². The molecule has 2 nitrogen and oxygen atoms in total. The Morgan fingerprint density at radius 2 is 2.09 bits per heavy atom. The minimum Gasteiger partial charge on any atom is -0.271 e. The lowest BCUT2D eigenvalue weighted by Crippen LogP contribution is -1.92. The zero-order chi connectivity index (χ0) is 8.43. The molecule has 0 N–H and O–H groups in total. The summed E-state index contributed by atoms with van der Waals surface area (Å²) in [5.41, 5.74) is 3.11. The number of aromatic nitrogens is 2. The Morgan fingerprint density at radius 1 is 1.45 bits per heavy atom. The fraction of sp³-hybridized carbons (Fsp3) is 0.375. The number of halogens is 1. The summed E-state index contributed by atoms with van der Waals surface area (Å²) in [7, 11) is 1.92. The van der Waals surface area contributed by atoms with Gasteiger partial charge in [-0.25, -0.2) is 0 Å². The van der Waals surface area contributed by atoms with Gasteiger partial charge in [0.05, 0.1) is 17.0 Å². The van der Waals surface area contributed by atoms with Gasteiger partial charge in [-0.05, 0) is 18.7 Å². The third kappa shape index (κ3) is 1.46. The maximum absolute atomic E-state index is 4.22. The van der Waals surface area contributed by atoms with Crippen molar-refractivity contribution in [3.63, 3.8) is 0 Å². The number of hydrogen-bond acceptors (Lipinski definition) is 1. The van der Waals surface area contributed by atoms with E-state index >= 15 is 0 Å². The van der Waals surface area contributed by atoms with Gasteiger partial charge in [0.2, 0.25) is 0 Å². The van der Waals surface area contributed by atoms with Crippen molar-refractivity contribution in [3.05, 3.63) is 17.0 Å². The average Bonchev–Trinajstić information content (AvgIpc) is 2.17. The van der Waals surface area contributed by atoms with E-state index in [1.165, 1.54) is 0 Å². The topological polar surface area (TPSA) is 17.8 Å². The van der Waals surface area contributed by atoms with Crippen molar-refractivity contribution in [3.8, 4) is 10.8 Å². The maximum atomic E-state index is 4.22. The van der Waals surface area contributed by atoms with E-state index in [2.05, 4.69) is 31.8 Å². The van der Waals surface area contributed by atoms with Crippen LogP contribution in [0.3, 0.4) is 0 Å². The average molecular weight is 213 g/mol. The Kier molecular flexibility index (Phi) is 2.35. The van der Waals surface area contributed by atoms with Crippen molar-refractivity contribution in [1.82, 2.24) is 9.78 Å². The first-order valence-corrected chi connectivity index (χ1v) is 4.08. The molecule has 58 valence electrons. The first-order valence-electron chi connectivity index (χ1n) is 3.28. The minimum atomic E-state index is 0.983. The monoisotopic (exact) mass is 212 g/mol. The Bertz CT molecular complexity index is 328. The molecule has 1 heterocycles. The smallest absolute Gasteiger partial charge is 0.0753 e. The summed E-state index contributed by atoms with van der Waals surface area (Å²) < 4.78 is 1.84. The van der Waals surface area contributed by atoms with E-state index in [-0.39, 0.29) is 0 Å². The summed E-state index contributed by atoms with van der Waals surface area (Å²) >= 11 is 3.07. The predicted molar refractivity (Wildman–Crippen MR) is 48.5 cm³/mol. The van der Waals surface area contributed by atoms with Crippen LogP contribution >= 0.6 is 15.9 Å². The molecule has 0 aliphatic heterocycles. The molecule has 0 aliphatic rings. The summed E-state index contributed by atoms with van der Waals surface area (Å²) in [5, 5.41) is 4.22. The molecule has 1 aromatic rings. The van der Waals surface area contributed by atoms with Crippen LogP contribution in [0.2, 0.25) is 0 Å². The highest BCUT2D eigenvalue weighted by Crippen LogP contribution is 2.09. The van der Waals surface area contributed by atoms with Gasteiger partial charge in [-0.2, -0.15) is 5.10 Å². The SMILES string of the molecule is Cc1nn(C)c(C)c1C#CBr. The summed E-state index contributed by atoms with van der Waals surface area (Å²) in [6, 6.07) is 0. The highest BCUT2D eigenvalue weighted by atomic mass is 79.9. The molecule has 1 aromatic heterocycles. The lowest BCUT2D eigenvalue weighted by molar-refractivity contribution is 0.731. The fourth-order valence-corrected chi connectivity index (χ4v) is 1.20. The molecule has 0 aromatic carbocycles. The first-order chi connectivity index (χ1) is 5.16. The number of aryl methyl sites for hydroxylation is 2. The van der Waals surface area contributed by atoms with Gasteiger partial charge in [-0.1, -0.05) is 5.92 Å². The zero-order valence-corrected chi connectivity index (χ0v) is 8.36. The second-order valence-corrected chi connectivity index (χ2v) is 2.79. The van der Waals surface area contributed by atoms with Crippen molar-refractivity contribution < 1.29 is 0 Å². The van der Waals surface area contributed by atoms with Gasteiger partial charge < -0.3 is 0 Å². The van der Waals surface area contributed by atoms with E-state index in [9.17, 15) is 0 Å². The number of rotatable bonds is 0. The third-order valence-electron chi connectivity index (χ3n) is 1.68. The quantitative estimate of drug-likeness (QED) is 0.600. The Morgan fingerprint density at radius 3 is 2.45 bits per heavy atom. The molecule has 0 unspecified atom stereocenters. The summed E-state index contributed by atoms with van der Waals surface area (Å²) in [6.45, 7) is 3.96. The van der Waals surface area contributed by atoms with E-state index in [0.717, 1.165) is 17.0 Å². The molecular formula is C8H9BrN2. The standard InChI is InChI=1S/C8H9BrN2/c1-6-8(4-5-9)7(2)11(3)10-6/h1-3H3. The lowest BCUT2D eigenvalue weighted by atomic mass is 10.2. The maximum Gasteiger partial charge on any atom is 0.0753 e. The molecule has 0 spiro atoms. The van der Waals surface area contributed by atoms with Gasteiger partial charge in [-0.3, -0.25) is 4.68 Å². The molecule has 0 atom stereocenters. The van der Waals surface area contributed by atoms with Crippen LogP contribution in [0.15, 0.2) is 0 Å². The second-order valence-electron chi connectivity index (χ2n) is 2.39. The van der Waals surface area contributed by atoms with Gasteiger partial charge in [-0.15, -0.1) is 0 Å². The Balaban J connectivity index is 3.30. The minimum absolute atomic E-state index is 0.983. The molecule has 0 saturated carbocycles. The Hall–Kier alpha value is -0.750. The van der Waals surface area contributed by atoms with Crippen molar-refractivity contribution in [2.24, 2.45) is 7.05 Å². The van der Waals surface area contributed by atoms with E-state index in [4.69, 9.17) is 0 Å². The number of hydrogen-bond donors (Lipinski definition) is 0. The van der Waals surface area contributed by atoms with E-state index in [1.807, 2.05) is 25.6 Å². The second kappa shape index (κ2) is 3.10. The summed E-state index contributed by atoms with van der Waals surface area (Å²) in [5.74, 6) is 2.95. The van der Waals surface area contributed by atoms with Crippen LogP contribution in [0.5, 0.6) is 0 Å². The summed E-state index contributed by atoms with van der Waals surface area (Å²) in [6.07, 6.45) is 0. The lowest BCUT2D eigenvalue weighted by Gasteiger charge is -1.90. The Labute approximate surface area is 74.7 Å². The van der Waals surface area contributed by atoms with Crippen LogP contribution in [0.25, 0.3) is 0 Å². The molecular weight excluding hydrogens is 204 g/mol. The van der Waals surface area contributed by atoms with Crippen LogP contribution in [0.1, 0.15) is 17.0 Å². The molecule has 0 fully saturated rings. The van der Waals surface area contributed by atoms with Crippen molar-refractivity contribution >= 4 is 15.9 Å². The molecule has 0 saturated heterocycles. The van der Waals surface area contributed by atoms with Crippen molar-refractivity contribution in [1.29, 1.82) is 0 Å². The molecule has 3 heteroatoms. The van der Waals surface area contributed by atoms with E-state index < -0.39 is 0 Å². The van der Waals surface area contributed by atoms with Gasteiger partial charge in [0.25, 0.3) is 0 Å². The van der Waals surface area contributed by atoms with Crippen molar-refractivity contribution in [2.45, 2.75) is 13.8 Å². The number of nitrogens with zero attached hydrogens (tertiary/aromatic N) is 2. The molecule has 0 radical (unpaired) electrons. The first kappa shape index (κ1) is 8.35. The highest BCUT2D eigenvalue weighted by molar-refractivity contribution is 9.12. The largest absolute Gasteiger partial charge is 0.271 e. The van der Waals surface area contributed by atoms with Crippen LogP contribution in [-0.4, -0.2) is 9.78 Å². The van der Waals surface area contributed by atoms with Gasteiger partial charge in [0.1, 0.15) is 0 Å². The predicted octanol–water partition coefficient (Wildman–Crippen LogP) is 1.74. The third-order valence-corrected chi connectivity index (χ3v) is 1.88. The van der Waals surface area contributed by atoms with Crippen LogP contribution in [0, 0.1) is 24.6 Å². The van der Waals surface area contributed by atoms with Gasteiger partial charge in [0.15, 0.2) is 0 Å². The van der Waals surface area contributed by atoms with Crippen LogP contribution in [-0.2, 0) is 7.05 Å². The van der Waals surface area contributed by atoms with Gasteiger partial charge in [0, 0.05) is 23.0 Å². The molecule has 1 rings (SSSR count). The van der Waals surface area contributed by atoms with Gasteiger partial charge >= 0.3 is 0 Å². The molecule has 0 amide bonds. The van der Waals surface area contributed by atoms with Crippen LogP contribution < -0.4 is 0 Å². The normalized spacial score (nSPS) is 9.09. The molecule has 0 aliphatic carbocycles. The van der Waals surface area contributed by atoms with E-state index in [0.29, 0.717) is 0 Å². The highest BCUT2D eigenvalue weighted by Gasteiger charge is 2.05. The fourth-order valence-electron chi connectivity index (χ4n) is 1.00. The van der Waals surface area contributed by atoms with Crippen molar-refractivity contribution in [2.75, 3.05) is 0 Å². The zero-order valence-electron chi connectivity index (χ0n) is 6.77. The molecule has 11 heavy (non-hydrogen) atoms. The van der Waals surface area contributed by atoms with E-state index in [1.54, 1.807) is 0 Å².